The van der Waals surface area contributed by atoms with Gasteiger partial charge in [-0.2, -0.15) is 39.2 Å². The highest BCUT2D eigenvalue weighted by atomic mass is 32.2. The summed E-state index contributed by atoms with van der Waals surface area (Å²) in [6, 6.07) is 0. The van der Waals surface area contributed by atoms with Gasteiger partial charge in [0.15, 0.2) is 28.2 Å². The van der Waals surface area contributed by atoms with Crippen LogP contribution in [0.15, 0.2) is 9.29 Å². The molecule has 0 spiro atoms. The molecule has 0 saturated heterocycles. The zero-order chi connectivity index (χ0) is 21.7. The second-order valence-electron chi connectivity index (χ2n) is 4.42. The maximum Gasteiger partial charge on any atom is 0.436 e. The van der Waals surface area contributed by atoms with E-state index in [0.29, 0.717) is 0 Å². The van der Waals surface area contributed by atoms with Crippen LogP contribution in [0.2, 0.25) is 0 Å². The third kappa shape index (κ3) is 3.51. The normalized spacial score (nSPS) is 14.6. The van der Waals surface area contributed by atoms with Crippen molar-refractivity contribution in [2.75, 3.05) is 0 Å². The highest BCUT2D eigenvalue weighted by Crippen LogP contribution is 2.46. The molecule has 0 atom stereocenters. The summed E-state index contributed by atoms with van der Waals surface area (Å²) in [7, 11) is -6.75. The highest BCUT2D eigenvalue weighted by molar-refractivity contribution is 7.90. The Kier molecular flexibility index (Phi) is 5.46. The van der Waals surface area contributed by atoms with E-state index >= 15 is 0 Å². The van der Waals surface area contributed by atoms with Crippen molar-refractivity contribution >= 4 is 15.9 Å². The van der Waals surface area contributed by atoms with Gasteiger partial charge in [0.1, 0.15) is 0 Å². The van der Waals surface area contributed by atoms with Crippen molar-refractivity contribution in [1.82, 2.24) is 0 Å². The Morgan fingerprint density at radius 2 is 1.00 bits per heavy atom. The fraction of sp³-hybridized carbons (Fsp3) is 0.300. The second-order valence-corrected chi connectivity index (χ2v) is 5.97. The molecule has 1 rings (SSSR count). The number of alkyl halides is 7. The summed E-state index contributed by atoms with van der Waals surface area (Å²) >= 11 is 0. The van der Waals surface area contributed by atoms with Gasteiger partial charge in [0.05, 0.1) is 0 Å². The molecule has 0 radical (unpaired) electrons. The molecule has 27 heavy (non-hydrogen) atoms. The smallest absolute Gasteiger partial charge is 0.436 e. The van der Waals surface area contributed by atoms with Crippen LogP contribution in [0.3, 0.4) is 0 Å². The molecule has 0 unspecified atom stereocenters. The van der Waals surface area contributed by atoms with Gasteiger partial charge in [0, 0.05) is 5.90 Å². The Labute approximate surface area is 139 Å². The fourth-order valence-electron chi connectivity index (χ4n) is 1.43. The topological polar surface area (TPSA) is 69.6 Å². The van der Waals surface area contributed by atoms with Crippen molar-refractivity contribution in [2.45, 2.75) is 22.9 Å². The summed E-state index contributed by atoms with van der Waals surface area (Å²) < 4.78 is 176. The monoisotopic (exact) mass is 442 g/mol. The molecule has 0 N–H and O–H groups in total. The van der Waals surface area contributed by atoms with Crippen LogP contribution in [0, 0.1) is 29.1 Å². The van der Waals surface area contributed by atoms with E-state index in [4.69, 9.17) is 0 Å². The first kappa shape index (κ1) is 22.8. The van der Waals surface area contributed by atoms with Gasteiger partial charge in [0.25, 0.3) is 10.0 Å². The Balaban J connectivity index is 3.83. The van der Waals surface area contributed by atoms with Gasteiger partial charge in [-0.05, 0) is 0 Å². The standard InChI is InChI=1S/C10HF12NO3S/c11-1-2(12)4(14)6(5(15)3(1)13)27(25,26)23-7(24)8(16,9(17,18)19)10(20,21)22/h(H,23,24)/p-1. The molecule has 4 nitrogen and oxygen atoms in total. The van der Waals surface area contributed by atoms with Crippen molar-refractivity contribution < 1.29 is 66.2 Å². The number of hydrogen-bond donors (Lipinski definition) is 0. The van der Waals surface area contributed by atoms with Crippen LogP contribution in [-0.2, 0) is 10.0 Å². The van der Waals surface area contributed by atoms with E-state index in [0.717, 1.165) is 4.40 Å². The second kappa shape index (κ2) is 6.45. The summed E-state index contributed by atoms with van der Waals surface area (Å²) in [5.41, 5.74) is -6.95. The molecule has 0 saturated carbocycles. The molecule has 0 heterocycles. The van der Waals surface area contributed by atoms with Crippen LogP contribution >= 0.6 is 0 Å². The van der Waals surface area contributed by atoms with E-state index in [1.165, 1.54) is 0 Å². The molecule has 0 aromatic heterocycles. The maximum absolute atomic E-state index is 13.3. The molecule has 0 aliphatic rings. The predicted molar refractivity (Wildman–Crippen MR) is 56.8 cm³/mol. The molecule has 154 valence electrons. The number of nitrogens with zero attached hydrogens (tertiary/aromatic N) is 1. The molecule has 0 aliphatic heterocycles. The van der Waals surface area contributed by atoms with Gasteiger partial charge in [-0.3, -0.25) is 0 Å². The summed E-state index contributed by atoms with van der Waals surface area (Å²) in [5, 5.41) is 10.9. The van der Waals surface area contributed by atoms with E-state index in [2.05, 4.69) is 0 Å². The first-order valence-corrected chi connectivity index (χ1v) is 7.11. The third-order valence-corrected chi connectivity index (χ3v) is 3.99. The molecule has 0 bridgehead atoms. The van der Waals surface area contributed by atoms with Gasteiger partial charge >= 0.3 is 18.0 Å². The number of benzene rings is 1. The number of hydrogen-bond acceptors (Lipinski definition) is 3. The van der Waals surface area contributed by atoms with Crippen LogP contribution in [0.1, 0.15) is 0 Å². The lowest BCUT2D eigenvalue weighted by Crippen LogP contribution is -2.62. The average molecular weight is 442 g/mol. The predicted octanol–water partition coefficient (Wildman–Crippen LogP) is 2.66. The SMILES string of the molecule is O=S(=O)(N=C([O-])C(F)(C(F)(F)F)C(F)(F)F)c1c(F)c(F)c(F)c(F)c1F. The first-order valence-electron chi connectivity index (χ1n) is 5.67. The highest BCUT2D eigenvalue weighted by Gasteiger charge is 2.73. The number of halogens is 12. The van der Waals surface area contributed by atoms with Crippen molar-refractivity contribution in [2.24, 2.45) is 4.40 Å². The van der Waals surface area contributed by atoms with Gasteiger partial charge in [-0.15, -0.1) is 0 Å². The van der Waals surface area contributed by atoms with E-state index in [-0.39, 0.29) is 0 Å². The van der Waals surface area contributed by atoms with Crippen molar-refractivity contribution in [1.29, 1.82) is 0 Å². The Morgan fingerprint density at radius 1 is 0.704 bits per heavy atom. The Morgan fingerprint density at radius 3 is 1.30 bits per heavy atom. The minimum Gasteiger partial charge on any atom is -0.858 e. The largest absolute Gasteiger partial charge is 0.858 e. The van der Waals surface area contributed by atoms with Crippen LogP contribution in [0.25, 0.3) is 0 Å². The van der Waals surface area contributed by atoms with Gasteiger partial charge in [0.2, 0.25) is 5.82 Å². The molecule has 0 amide bonds. The summed E-state index contributed by atoms with van der Waals surface area (Å²) in [5.74, 6) is -19.6. The maximum atomic E-state index is 13.3. The Bertz CT molecular complexity index is 858. The quantitative estimate of drug-likeness (QED) is 0.238. The third-order valence-electron chi connectivity index (χ3n) is 2.71. The molecular formula is C10F12NO3S-. The number of rotatable bonds is 3. The summed E-state index contributed by atoms with van der Waals surface area (Å²) in [6.45, 7) is 0. The van der Waals surface area contributed by atoms with E-state index in [1.54, 1.807) is 0 Å². The van der Waals surface area contributed by atoms with Crippen LogP contribution in [0.4, 0.5) is 52.7 Å². The van der Waals surface area contributed by atoms with Gasteiger partial charge in [-0.1, -0.05) is 0 Å². The number of sulfonamides is 1. The molecular weight excluding hydrogens is 442 g/mol. The van der Waals surface area contributed by atoms with Gasteiger partial charge in [-0.25, -0.2) is 26.3 Å². The van der Waals surface area contributed by atoms with Crippen molar-refractivity contribution in [3.8, 4) is 0 Å². The lowest BCUT2D eigenvalue weighted by molar-refractivity contribution is -0.347. The Hall–Kier alpha value is -2.20. The van der Waals surface area contributed by atoms with E-state index in [1.807, 2.05) is 0 Å². The zero-order valence-corrected chi connectivity index (χ0v) is 12.4. The van der Waals surface area contributed by atoms with Crippen LogP contribution in [-0.4, -0.2) is 32.3 Å². The van der Waals surface area contributed by atoms with Crippen LogP contribution < -0.4 is 5.11 Å². The van der Waals surface area contributed by atoms with E-state index in [9.17, 15) is 66.2 Å². The van der Waals surface area contributed by atoms with E-state index < -0.39 is 67.9 Å². The summed E-state index contributed by atoms with van der Waals surface area (Å²) in [6.07, 6.45) is -14.3. The fourth-order valence-corrected chi connectivity index (χ4v) is 2.50. The minimum atomic E-state index is -7.14. The molecule has 0 fully saturated rings. The molecule has 1 aromatic carbocycles. The first-order chi connectivity index (χ1) is 11.8. The van der Waals surface area contributed by atoms with Crippen molar-refractivity contribution in [3.63, 3.8) is 0 Å². The lowest BCUT2D eigenvalue weighted by atomic mass is 10.1. The van der Waals surface area contributed by atoms with Gasteiger partial charge < -0.3 is 5.11 Å². The average Bonchev–Trinajstić information content (AvgIpc) is 2.47. The molecule has 1 aromatic rings. The molecule has 17 heteroatoms. The zero-order valence-electron chi connectivity index (χ0n) is 11.6. The summed E-state index contributed by atoms with van der Waals surface area (Å²) in [4.78, 5) is -3.06. The van der Waals surface area contributed by atoms with Crippen molar-refractivity contribution in [3.05, 3.63) is 29.1 Å². The molecule has 0 aliphatic carbocycles. The lowest BCUT2D eigenvalue weighted by Gasteiger charge is -2.33. The van der Waals surface area contributed by atoms with Crippen LogP contribution in [0.5, 0.6) is 0 Å². The minimum absolute atomic E-state index is 1.10.